The molecule has 3 N–H and O–H groups in total. The number of aromatic nitrogens is 1. The number of ether oxygens (including phenoxy) is 2. The fourth-order valence-electron chi connectivity index (χ4n) is 2.06. The van der Waals surface area contributed by atoms with Crippen LogP contribution >= 0.6 is 35.3 Å². The molecule has 1 aromatic heterocycles. The van der Waals surface area contributed by atoms with E-state index in [1.807, 2.05) is 30.6 Å². The molecule has 24 heavy (non-hydrogen) atoms. The van der Waals surface area contributed by atoms with Crippen molar-refractivity contribution in [3.05, 3.63) is 39.8 Å². The molecule has 0 saturated carbocycles. The maximum absolute atomic E-state index is 5.88. The highest BCUT2D eigenvalue weighted by Crippen LogP contribution is 2.27. The monoisotopic (exact) mass is 462 g/mol. The van der Waals surface area contributed by atoms with Crippen molar-refractivity contribution in [2.45, 2.75) is 19.9 Å². The Kier molecular flexibility index (Phi) is 8.83. The summed E-state index contributed by atoms with van der Waals surface area (Å²) in [6.07, 6.45) is 0.816. The fourth-order valence-corrected chi connectivity index (χ4v) is 2.76. The van der Waals surface area contributed by atoms with Gasteiger partial charge < -0.3 is 20.5 Å². The van der Waals surface area contributed by atoms with Crippen molar-refractivity contribution in [1.82, 2.24) is 10.3 Å². The number of nitrogens with zero attached hydrogens (tertiary/aromatic N) is 2. The van der Waals surface area contributed by atoms with E-state index >= 15 is 0 Å². The summed E-state index contributed by atoms with van der Waals surface area (Å²) in [5.74, 6) is 1.90. The Hall–Kier alpha value is -1.55. The number of nitrogens with two attached hydrogens (primary N) is 1. The first kappa shape index (κ1) is 20.5. The molecule has 0 spiro atoms. The van der Waals surface area contributed by atoms with Crippen molar-refractivity contribution in [3.8, 4) is 11.5 Å². The van der Waals surface area contributed by atoms with E-state index in [0.29, 0.717) is 19.0 Å². The number of methoxy groups -OCH3 is 2. The average Bonchev–Trinajstić information content (AvgIpc) is 2.97. The largest absolute Gasteiger partial charge is 0.493 e. The summed E-state index contributed by atoms with van der Waals surface area (Å²) in [5.41, 5.74) is 9.86. The zero-order chi connectivity index (χ0) is 16.7. The topological polar surface area (TPSA) is 81.8 Å². The second kappa shape index (κ2) is 10.3. The van der Waals surface area contributed by atoms with Gasteiger partial charge in [0.25, 0.3) is 0 Å². The highest BCUT2D eigenvalue weighted by atomic mass is 127. The predicted octanol–water partition coefficient (Wildman–Crippen LogP) is 2.73. The SMILES string of the molecule is COc1ccc(CCNC(N)=NCc2scnc2C)cc1OC.I. The smallest absolute Gasteiger partial charge is 0.188 e. The number of aryl methyl sites for hydroxylation is 1. The van der Waals surface area contributed by atoms with Gasteiger partial charge in [0.2, 0.25) is 0 Å². The van der Waals surface area contributed by atoms with Crippen molar-refractivity contribution in [1.29, 1.82) is 0 Å². The minimum atomic E-state index is 0. The Bertz CT molecular complexity index is 676. The van der Waals surface area contributed by atoms with E-state index in [-0.39, 0.29) is 24.0 Å². The summed E-state index contributed by atoms with van der Waals surface area (Å²) in [5, 5.41) is 3.12. The lowest BCUT2D eigenvalue weighted by Gasteiger charge is -2.10. The Balaban J connectivity index is 0.00000288. The first-order valence-corrected chi connectivity index (χ1v) is 8.15. The lowest BCUT2D eigenvalue weighted by molar-refractivity contribution is 0.354. The molecule has 0 saturated heterocycles. The number of benzene rings is 1. The van der Waals surface area contributed by atoms with E-state index in [0.717, 1.165) is 34.1 Å². The molecule has 6 nitrogen and oxygen atoms in total. The van der Waals surface area contributed by atoms with Crippen LogP contribution in [0, 0.1) is 6.92 Å². The lowest BCUT2D eigenvalue weighted by atomic mass is 10.1. The van der Waals surface area contributed by atoms with Crippen LogP contribution in [0.5, 0.6) is 11.5 Å². The van der Waals surface area contributed by atoms with Crippen LogP contribution in [0.4, 0.5) is 0 Å². The van der Waals surface area contributed by atoms with Crippen molar-refractivity contribution in [2.75, 3.05) is 20.8 Å². The van der Waals surface area contributed by atoms with Crippen LogP contribution in [0.3, 0.4) is 0 Å². The van der Waals surface area contributed by atoms with Gasteiger partial charge in [0.05, 0.1) is 32.0 Å². The summed E-state index contributed by atoms with van der Waals surface area (Å²) in [6, 6.07) is 5.88. The van der Waals surface area contributed by atoms with Gasteiger partial charge >= 0.3 is 0 Å². The van der Waals surface area contributed by atoms with Crippen molar-refractivity contribution in [3.63, 3.8) is 0 Å². The molecule has 2 rings (SSSR count). The molecule has 8 heteroatoms. The number of guanidine groups is 1. The zero-order valence-electron chi connectivity index (χ0n) is 14.0. The molecule has 0 aliphatic rings. The van der Waals surface area contributed by atoms with E-state index in [1.54, 1.807) is 25.6 Å². The number of hydrogen-bond acceptors (Lipinski definition) is 5. The summed E-state index contributed by atoms with van der Waals surface area (Å²) in [7, 11) is 3.26. The molecule has 0 atom stereocenters. The van der Waals surface area contributed by atoms with E-state index in [1.165, 1.54) is 0 Å². The van der Waals surface area contributed by atoms with Gasteiger partial charge in [0.15, 0.2) is 17.5 Å². The Morgan fingerprint density at radius 1 is 1.29 bits per heavy atom. The average molecular weight is 462 g/mol. The van der Waals surface area contributed by atoms with Gasteiger partial charge in [-0.05, 0) is 31.0 Å². The molecule has 1 aromatic carbocycles. The van der Waals surface area contributed by atoms with Crippen LogP contribution in [0.25, 0.3) is 0 Å². The summed E-state index contributed by atoms with van der Waals surface area (Å²) in [4.78, 5) is 9.66. The van der Waals surface area contributed by atoms with E-state index in [4.69, 9.17) is 15.2 Å². The minimum absolute atomic E-state index is 0. The maximum Gasteiger partial charge on any atom is 0.188 e. The standard InChI is InChI=1S/C16H22N4O2S.HI/c1-11-15(23-10-20-11)9-19-16(17)18-7-6-12-4-5-13(21-2)14(8-12)22-3;/h4-5,8,10H,6-7,9H2,1-3H3,(H3,17,18,19);1H. The maximum atomic E-state index is 5.88. The fraction of sp³-hybridized carbons (Fsp3) is 0.375. The Labute approximate surface area is 163 Å². The summed E-state index contributed by atoms with van der Waals surface area (Å²) < 4.78 is 10.5. The summed E-state index contributed by atoms with van der Waals surface area (Å²) >= 11 is 1.59. The van der Waals surface area contributed by atoms with Crippen LogP contribution in [0.15, 0.2) is 28.7 Å². The van der Waals surface area contributed by atoms with Gasteiger partial charge in [-0.2, -0.15) is 0 Å². The van der Waals surface area contributed by atoms with Crippen molar-refractivity contribution in [2.24, 2.45) is 10.7 Å². The molecule has 1 heterocycles. The molecule has 2 aromatic rings. The van der Waals surface area contributed by atoms with Gasteiger partial charge in [0.1, 0.15) is 0 Å². The van der Waals surface area contributed by atoms with Crippen LogP contribution < -0.4 is 20.5 Å². The van der Waals surface area contributed by atoms with Gasteiger partial charge in [-0.25, -0.2) is 9.98 Å². The van der Waals surface area contributed by atoms with E-state index < -0.39 is 0 Å². The molecule has 0 aliphatic heterocycles. The molecule has 0 radical (unpaired) electrons. The molecular formula is C16H23IN4O2S. The van der Waals surface area contributed by atoms with Crippen LogP contribution in [-0.4, -0.2) is 31.7 Å². The van der Waals surface area contributed by atoms with Gasteiger partial charge in [-0.15, -0.1) is 35.3 Å². The normalized spacial score (nSPS) is 10.9. The Morgan fingerprint density at radius 2 is 2.04 bits per heavy atom. The highest BCUT2D eigenvalue weighted by Gasteiger charge is 2.05. The number of nitrogens with one attached hydrogen (secondary N) is 1. The van der Waals surface area contributed by atoms with Gasteiger partial charge in [-0.3, -0.25) is 0 Å². The number of thiazole rings is 1. The third-order valence-corrected chi connectivity index (χ3v) is 4.33. The molecule has 0 bridgehead atoms. The van der Waals surface area contributed by atoms with Crippen LogP contribution in [-0.2, 0) is 13.0 Å². The third kappa shape index (κ3) is 5.82. The molecular weight excluding hydrogens is 439 g/mol. The molecule has 0 fully saturated rings. The third-order valence-electron chi connectivity index (χ3n) is 3.41. The van der Waals surface area contributed by atoms with E-state index in [2.05, 4.69) is 15.3 Å². The number of hydrogen-bond donors (Lipinski definition) is 2. The molecule has 0 unspecified atom stereocenters. The molecule has 132 valence electrons. The predicted molar refractivity (Wildman–Crippen MR) is 109 cm³/mol. The van der Waals surface area contributed by atoms with Crippen molar-refractivity contribution >= 4 is 41.3 Å². The first-order valence-electron chi connectivity index (χ1n) is 7.27. The summed E-state index contributed by atoms with van der Waals surface area (Å²) in [6.45, 7) is 3.24. The van der Waals surface area contributed by atoms with Crippen LogP contribution in [0.1, 0.15) is 16.1 Å². The Morgan fingerprint density at radius 3 is 2.67 bits per heavy atom. The number of rotatable bonds is 7. The number of halogens is 1. The lowest BCUT2D eigenvalue weighted by Crippen LogP contribution is -2.33. The van der Waals surface area contributed by atoms with Gasteiger partial charge in [0, 0.05) is 11.4 Å². The number of aliphatic imine (C=N–C) groups is 1. The first-order chi connectivity index (χ1) is 11.1. The van der Waals surface area contributed by atoms with Gasteiger partial charge in [-0.1, -0.05) is 6.07 Å². The second-order valence-electron chi connectivity index (χ2n) is 4.93. The highest BCUT2D eigenvalue weighted by molar-refractivity contribution is 14.0. The van der Waals surface area contributed by atoms with E-state index in [9.17, 15) is 0 Å². The minimum Gasteiger partial charge on any atom is -0.493 e. The quantitative estimate of drug-likeness (QED) is 0.376. The molecule has 0 aliphatic carbocycles. The van der Waals surface area contributed by atoms with Crippen molar-refractivity contribution < 1.29 is 9.47 Å². The zero-order valence-corrected chi connectivity index (χ0v) is 17.2. The second-order valence-corrected chi connectivity index (χ2v) is 5.87. The molecule has 0 amide bonds. The van der Waals surface area contributed by atoms with Crippen LogP contribution in [0.2, 0.25) is 0 Å².